The molecule has 5 aliphatic carbocycles. The monoisotopic (exact) mass is 662 g/mol. The molecule has 0 aromatic heterocycles. The summed E-state index contributed by atoms with van der Waals surface area (Å²) in [6, 6.07) is 0. The first-order chi connectivity index (χ1) is 21.8. The molecule has 0 bridgehead atoms. The van der Waals surface area contributed by atoms with Crippen LogP contribution in [0, 0.1) is 50.7 Å². The van der Waals surface area contributed by atoms with E-state index in [0.717, 1.165) is 44.9 Å². The second kappa shape index (κ2) is 10.7. The number of fused-ring (bicyclic) bond motifs is 2. The van der Waals surface area contributed by atoms with Gasteiger partial charge in [-0.2, -0.15) is 0 Å². The summed E-state index contributed by atoms with van der Waals surface area (Å²) < 4.78 is 23.7. The summed E-state index contributed by atoms with van der Waals surface area (Å²) in [5, 5.41) is 42.8. The number of carbonyl (C=O) groups excluding carboxylic acids is 2. The van der Waals surface area contributed by atoms with Gasteiger partial charge in [-0.15, -0.1) is 0 Å². The van der Waals surface area contributed by atoms with Gasteiger partial charge in [0.05, 0.1) is 18.3 Å². The molecule has 16 atom stereocenters. The maximum Gasteiger partial charge on any atom is 0.302 e. The minimum absolute atomic E-state index is 0.0512. The Morgan fingerprint density at radius 2 is 1.57 bits per heavy atom. The van der Waals surface area contributed by atoms with E-state index < -0.39 is 42.2 Å². The largest absolute Gasteiger partial charge is 0.460 e. The number of aliphatic hydroxyl groups excluding tert-OH is 4. The van der Waals surface area contributed by atoms with E-state index in [1.54, 1.807) is 0 Å². The molecule has 2 aliphatic heterocycles. The fourth-order valence-corrected chi connectivity index (χ4v) is 13.2. The minimum atomic E-state index is -1.31. The lowest BCUT2D eigenvalue weighted by molar-refractivity contribution is -0.303. The van der Waals surface area contributed by atoms with Crippen LogP contribution in [0.4, 0.5) is 0 Å². The molecule has 0 aromatic carbocycles. The Bertz CT molecular complexity index is 1300. The molecule has 2 spiro atoms. The Hall–Kier alpha value is -1.14. The van der Waals surface area contributed by atoms with Gasteiger partial charge in [0.15, 0.2) is 12.1 Å². The van der Waals surface area contributed by atoms with Crippen LogP contribution in [-0.2, 0) is 28.5 Å². The van der Waals surface area contributed by atoms with Gasteiger partial charge in [-0.3, -0.25) is 9.59 Å². The number of aliphatic hydroxyl groups is 4. The van der Waals surface area contributed by atoms with Crippen molar-refractivity contribution in [2.45, 2.75) is 161 Å². The molecular weight excluding hydrogens is 604 g/mol. The first kappa shape index (κ1) is 34.3. The molecule has 7 aliphatic rings. The van der Waals surface area contributed by atoms with E-state index in [1.165, 1.54) is 6.92 Å². The maximum absolute atomic E-state index is 14.2. The summed E-state index contributed by atoms with van der Waals surface area (Å²) >= 11 is 0. The lowest BCUT2D eigenvalue weighted by Gasteiger charge is -2.63. The van der Waals surface area contributed by atoms with Crippen LogP contribution in [0.3, 0.4) is 0 Å². The maximum atomic E-state index is 14.2. The quantitative estimate of drug-likeness (QED) is 0.181. The lowest BCUT2D eigenvalue weighted by atomic mass is 9.41. The van der Waals surface area contributed by atoms with Gasteiger partial charge in [0.2, 0.25) is 0 Å². The van der Waals surface area contributed by atoms with Crippen molar-refractivity contribution in [3.05, 3.63) is 0 Å². The summed E-state index contributed by atoms with van der Waals surface area (Å²) in [5.41, 5.74) is -1.34. The smallest absolute Gasteiger partial charge is 0.302 e. The highest BCUT2D eigenvalue weighted by Gasteiger charge is 2.84. The Labute approximate surface area is 279 Å². The zero-order valence-corrected chi connectivity index (χ0v) is 29.5. The van der Waals surface area contributed by atoms with Crippen molar-refractivity contribution in [1.29, 1.82) is 0 Å². The van der Waals surface area contributed by atoms with E-state index in [1.807, 2.05) is 13.8 Å². The van der Waals surface area contributed by atoms with Gasteiger partial charge in [-0.1, -0.05) is 34.6 Å². The van der Waals surface area contributed by atoms with Crippen molar-refractivity contribution in [3.8, 4) is 0 Å². The third kappa shape index (κ3) is 4.53. The second-order valence-corrected chi connectivity index (χ2v) is 18.4. The average molecular weight is 663 g/mol. The zero-order valence-electron chi connectivity index (χ0n) is 29.5. The molecule has 266 valence electrons. The van der Waals surface area contributed by atoms with Crippen LogP contribution in [-0.4, -0.2) is 93.4 Å². The molecule has 0 aromatic rings. The van der Waals surface area contributed by atoms with Crippen LogP contribution in [0.5, 0.6) is 0 Å². The van der Waals surface area contributed by atoms with E-state index >= 15 is 0 Å². The summed E-state index contributed by atoms with van der Waals surface area (Å²) in [7, 11) is 0. The highest BCUT2D eigenvalue weighted by atomic mass is 16.7. The van der Waals surface area contributed by atoms with Gasteiger partial charge < -0.3 is 39.4 Å². The van der Waals surface area contributed by atoms with Crippen LogP contribution in [0.2, 0.25) is 0 Å². The van der Waals surface area contributed by atoms with Gasteiger partial charge in [0, 0.05) is 18.3 Å². The Balaban J connectivity index is 1.12. The molecule has 2 saturated heterocycles. The lowest BCUT2D eigenvalue weighted by Crippen LogP contribution is -2.61. The van der Waals surface area contributed by atoms with Crippen LogP contribution in [0.15, 0.2) is 0 Å². The summed E-state index contributed by atoms with van der Waals surface area (Å²) in [5.74, 6) is -0.211. The summed E-state index contributed by atoms with van der Waals surface area (Å²) in [6.45, 7) is 16.4. The van der Waals surface area contributed by atoms with Crippen LogP contribution >= 0.6 is 0 Å². The number of carbonyl (C=O) groups is 2. The third-order valence-corrected chi connectivity index (χ3v) is 15.7. The standard InChI is InChI=1S/C37H58O10/c1-18(15-21(45-19(2)38)30-33(5,6)47-30)25-27(41)29(43)35(8)23-10-9-22-32(3,4)24(46-31-28(42)26(40)20(39)16-44-31)11-12-36(22)17-37(23,36)14-13-34(25,35)7/h18,20-26,28-31,39-40,42-43H,9-17H2,1-8H3/t18-,20?,21-,22+,23?,24+,25+,26?,28?,29+,30+,31?,34-,35-,36-,37+/m1/s1. The Kier molecular flexibility index (Phi) is 7.80. The van der Waals surface area contributed by atoms with Crippen molar-refractivity contribution >= 4 is 11.8 Å². The van der Waals surface area contributed by atoms with E-state index in [4.69, 9.17) is 18.9 Å². The molecule has 5 unspecified atom stereocenters. The van der Waals surface area contributed by atoms with Gasteiger partial charge in [-0.25, -0.2) is 0 Å². The molecule has 0 radical (unpaired) electrons. The Morgan fingerprint density at radius 3 is 2.21 bits per heavy atom. The normalized spacial score (nSPS) is 53.5. The second-order valence-electron chi connectivity index (χ2n) is 18.4. The first-order valence-electron chi connectivity index (χ1n) is 18.2. The van der Waals surface area contributed by atoms with E-state index in [-0.39, 0.29) is 75.6 Å². The fraction of sp³-hybridized carbons (Fsp3) is 0.946. The number of hydrogen-bond acceptors (Lipinski definition) is 10. The number of Topliss-reactive ketones (excluding diaryl/α,β-unsaturated/α-hetero) is 1. The van der Waals surface area contributed by atoms with E-state index in [2.05, 4.69) is 34.6 Å². The molecular formula is C37H58O10. The van der Waals surface area contributed by atoms with Crippen molar-refractivity contribution in [1.82, 2.24) is 0 Å². The van der Waals surface area contributed by atoms with Gasteiger partial charge in [0.1, 0.15) is 36.6 Å². The fourth-order valence-electron chi connectivity index (χ4n) is 13.2. The van der Waals surface area contributed by atoms with Crippen molar-refractivity contribution in [2.75, 3.05) is 6.61 Å². The minimum Gasteiger partial charge on any atom is -0.460 e. The summed E-state index contributed by atoms with van der Waals surface area (Å²) in [4.78, 5) is 26.3. The molecule has 10 nitrogen and oxygen atoms in total. The number of ether oxygens (including phenoxy) is 4. The van der Waals surface area contributed by atoms with Gasteiger partial charge >= 0.3 is 5.97 Å². The number of hydrogen-bond donors (Lipinski definition) is 4. The molecule has 2 heterocycles. The molecule has 0 amide bonds. The number of esters is 1. The van der Waals surface area contributed by atoms with Crippen molar-refractivity contribution in [2.24, 2.45) is 50.7 Å². The van der Waals surface area contributed by atoms with Crippen molar-refractivity contribution < 1.29 is 49.0 Å². The number of rotatable bonds is 7. The molecule has 7 rings (SSSR count). The molecule has 4 N–H and O–H groups in total. The number of epoxide rings is 1. The van der Waals surface area contributed by atoms with Crippen LogP contribution < -0.4 is 0 Å². The summed E-state index contributed by atoms with van der Waals surface area (Å²) in [6.07, 6.45) is 0.666. The third-order valence-electron chi connectivity index (χ3n) is 15.7. The Morgan fingerprint density at radius 1 is 0.936 bits per heavy atom. The van der Waals surface area contributed by atoms with Gasteiger partial charge in [0.25, 0.3) is 0 Å². The average Bonchev–Trinajstić information content (AvgIpc) is 3.84. The molecule has 5 saturated carbocycles. The van der Waals surface area contributed by atoms with Crippen LogP contribution in [0.1, 0.15) is 107 Å². The molecule has 47 heavy (non-hydrogen) atoms. The van der Waals surface area contributed by atoms with Crippen molar-refractivity contribution in [3.63, 3.8) is 0 Å². The molecule has 7 fully saturated rings. The van der Waals surface area contributed by atoms with E-state index in [9.17, 15) is 30.0 Å². The highest BCUT2D eigenvalue weighted by Crippen LogP contribution is 2.89. The first-order valence-corrected chi connectivity index (χ1v) is 18.2. The van der Waals surface area contributed by atoms with E-state index in [0.29, 0.717) is 12.3 Å². The number of ketones is 1. The predicted molar refractivity (Wildman–Crippen MR) is 170 cm³/mol. The predicted octanol–water partition coefficient (Wildman–Crippen LogP) is 3.53. The zero-order chi connectivity index (χ0) is 34.3. The SMILES string of the molecule is CC(=O)O[C@H](C[C@@H](C)[C@H]1C(=O)[C@H](O)[C@@]2(C)C3CC[C@H]4C(C)(C)[C@@H](OC5OCC(O)C(O)C5O)CC[C@@]45C[C@@]35CC[C@]12C)[C@@H]1OC1(C)C. The topological polar surface area (TPSA) is 155 Å². The molecule has 10 heteroatoms. The highest BCUT2D eigenvalue weighted by molar-refractivity contribution is 5.90. The van der Waals surface area contributed by atoms with Crippen LogP contribution in [0.25, 0.3) is 0 Å². The van der Waals surface area contributed by atoms with Gasteiger partial charge in [-0.05, 0) is 105 Å².